The first kappa shape index (κ1) is 25.7. The predicted molar refractivity (Wildman–Crippen MR) is 183 cm³/mol. The van der Waals surface area contributed by atoms with Crippen LogP contribution >= 0.6 is 0 Å². The van der Waals surface area contributed by atoms with Gasteiger partial charge in [-0.1, -0.05) is 92.7 Å². The van der Waals surface area contributed by atoms with E-state index in [1.165, 1.54) is 27.9 Å². The summed E-state index contributed by atoms with van der Waals surface area (Å²) in [5.74, 6) is 0.682. The van der Waals surface area contributed by atoms with Crippen molar-refractivity contribution in [2.24, 2.45) is 0 Å². The second kappa shape index (κ2) is 9.60. The average Bonchev–Trinajstić information content (AvgIpc) is 3.54. The van der Waals surface area contributed by atoms with Gasteiger partial charge in [0.1, 0.15) is 0 Å². The molecule has 0 atom stereocenters. The summed E-state index contributed by atoms with van der Waals surface area (Å²) in [6, 6.07) is 45.2. The van der Waals surface area contributed by atoms with E-state index in [0.29, 0.717) is 5.82 Å². The van der Waals surface area contributed by atoms with E-state index < -0.39 is 0 Å². The molecule has 5 aromatic carbocycles. The molecule has 45 heavy (non-hydrogen) atoms. The number of nitrogens with zero attached hydrogens (tertiary/aromatic N) is 5. The largest absolute Gasteiger partial charge is 0.310 e. The zero-order chi connectivity index (χ0) is 30.1. The van der Waals surface area contributed by atoms with Gasteiger partial charge in [-0.3, -0.25) is 4.98 Å². The number of para-hydroxylation sites is 2. The molecule has 8 aromatic rings. The Morgan fingerprint density at radius 2 is 1.29 bits per heavy atom. The van der Waals surface area contributed by atoms with Crippen molar-refractivity contribution in [2.45, 2.75) is 19.3 Å². The van der Waals surface area contributed by atoms with Gasteiger partial charge in [-0.15, -0.1) is 5.10 Å². The maximum atomic E-state index is 5.17. The molecule has 0 fully saturated rings. The molecule has 0 bridgehead atoms. The van der Waals surface area contributed by atoms with Crippen LogP contribution in [0.4, 0.5) is 17.1 Å². The number of hydrogen-bond donors (Lipinski definition) is 0. The topological polar surface area (TPSA) is 46.3 Å². The molecule has 0 N–H and O–H groups in total. The van der Waals surface area contributed by atoms with Gasteiger partial charge in [-0.25, -0.2) is 9.50 Å². The monoisotopic (exact) mass is 579 g/mol. The molecule has 1 aliphatic heterocycles. The Balaban J connectivity index is 1.31. The SMILES string of the molecule is CC1(C)c2ccccc2N(c2cc(-c3cccnc3)cc(-c3nc4ccc5ccc6ccccc6c5n4n3)c2)c2ccccc21. The molecule has 3 aromatic heterocycles. The maximum absolute atomic E-state index is 5.17. The standard InChI is InChI=1S/C40H29N5/c1-40(2)33-13-5-7-15-35(33)44(36-16-8-6-14-34(36)40)31-23-29(28-11-9-21-41-25-28)22-30(24-31)39-42-37-20-19-27-18-17-26-10-3-4-12-32(26)38(27)45(37)43-39/h3-25H,1-2H3. The summed E-state index contributed by atoms with van der Waals surface area (Å²) >= 11 is 0. The Bertz CT molecular complexity index is 2370. The summed E-state index contributed by atoms with van der Waals surface area (Å²) in [6.07, 6.45) is 3.73. The van der Waals surface area contributed by atoms with Gasteiger partial charge in [-0.05, 0) is 70.6 Å². The van der Waals surface area contributed by atoms with Gasteiger partial charge in [0, 0.05) is 45.4 Å². The van der Waals surface area contributed by atoms with E-state index >= 15 is 0 Å². The molecule has 0 spiro atoms. The van der Waals surface area contributed by atoms with Crippen LogP contribution in [0.1, 0.15) is 25.0 Å². The third-order valence-corrected chi connectivity index (χ3v) is 9.25. The zero-order valence-corrected chi connectivity index (χ0v) is 25.0. The molecule has 5 heteroatoms. The van der Waals surface area contributed by atoms with Crippen molar-refractivity contribution in [1.82, 2.24) is 19.6 Å². The van der Waals surface area contributed by atoms with Gasteiger partial charge in [0.25, 0.3) is 0 Å². The summed E-state index contributed by atoms with van der Waals surface area (Å²) in [7, 11) is 0. The van der Waals surface area contributed by atoms with E-state index in [2.05, 4.69) is 145 Å². The number of hydrogen-bond acceptors (Lipinski definition) is 4. The smallest absolute Gasteiger partial charge is 0.182 e. The Morgan fingerprint density at radius 1 is 0.600 bits per heavy atom. The lowest BCUT2D eigenvalue weighted by Gasteiger charge is -2.42. The van der Waals surface area contributed by atoms with Crippen LogP contribution < -0.4 is 4.90 Å². The average molecular weight is 580 g/mol. The minimum atomic E-state index is -0.138. The van der Waals surface area contributed by atoms with Gasteiger partial charge in [0.15, 0.2) is 11.5 Å². The van der Waals surface area contributed by atoms with Crippen LogP contribution in [0.15, 0.2) is 140 Å². The minimum absolute atomic E-state index is 0.138. The van der Waals surface area contributed by atoms with Crippen molar-refractivity contribution in [1.29, 1.82) is 0 Å². The third kappa shape index (κ3) is 3.90. The fraction of sp³-hybridized carbons (Fsp3) is 0.0750. The molecular weight excluding hydrogens is 550 g/mol. The van der Waals surface area contributed by atoms with Crippen LogP contribution in [-0.2, 0) is 5.41 Å². The van der Waals surface area contributed by atoms with Gasteiger partial charge >= 0.3 is 0 Å². The Morgan fingerprint density at radius 3 is 2.07 bits per heavy atom. The number of pyridine rings is 2. The van der Waals surface area contributed by atoms with Crippen LogP contribution in [0.25, 0.3) is 49.8 Å². The van der Waals surface area contributed by atoms with Crippen molar-refractivity contribution < 1.29 is 0 Å². The first-order valence-electron chi connectivity index (χ1n) is 15.3. The summed E-state index contributed by atoms with van der Waals surface area (Å²) in [5, 5.41) is 8.64. The summed E-state index contributed by atoms with van der Waals surface area (Å²) in [4.78, 5) is 11.9. The van der Waals surface area contributed by atoms with Crippen LogP contribution in [0.5, 0.6) is 0 Å². The summed E-state index contributed by atoms with van der Waals surface area (Å²) < 4.78 is 2.00. The summed E-state index contributed by atoms with van der Waals surface area (Å²) in [6.45, 7) is 4.63. The van der Waals surface area contributed by atoms with Crippen LogP contribution in [0, 0.1) is 0 Å². The Labute approximate surface area is 261 Å². The normalized spacial score (nSPS) is 13.7. The quantitative estimate of drug-likeness (QED) is 0.195. The lowest BCUT2D eigenvalue weighted by atomic mass is 9.73. The molecule has 0 saturated heterocycles. The van der Waals surface area contributed by atoms with Crippen molar-refractivity contribution in [3.05, 3.63) is 151 Å². The molecule has 4 heterocycles. The van der Waals surface area contributed by atoms with Gasteiger partial charge in [0.2, 0.25) is 0 Å². The maximum Gasteiger partial charge on any atom is 0.182 e. The molecule has 5 nitrogen and oxygen atoms in total. The number of benzene rings is 5. The fourth-order valence-electron chi connectivity index (χ4n) is 7.04. The fourth-order valence-corrected chi connectivity index (χ4v) is 7.04. The first-order chi connectivity index (χ1) is 22.1. The van der Waals surface area contributed by atoms with Crippen molar-refractivity contribution in [2.75, 3.05) is 4.90 Å². The summed E-state index contributed by atoms with van der Waals surface area (Å²) in [5.41, 5.74) is 10.8. The molecule has 0 amide bonds. The molecule has 0 saturated carbocycles. The van der Waals surface area contributed by atoms with E-state index in [1.807, 2.05) is 23.0 Å². The zero-order valence-electron chi connectivity index (χ0n) is 25.0. The second-order valence-corrected chi connectivity index (χ2v) is 12.3. The number of anilines is 3. The highest BCUT2D eigenvalue weighted by Crippen LogP contribution is 2.52. The predicted octanol–water partition coefficient (Wildman–Crippen LogP) is 9.87. The van der Waals surface area contributed by atoms with E-state index in [9.17, 15) is 0 Å². The molecule has 0 unspecified atom stereocenters. The highest BCUT2D eigenvalue weighted by atomic mass is 15.3. The van der Waals surface area contributed by atoms with Crippen LogP contribution in [-0.4, -0.2) is 19.6 Å². The lowest BCUT2D eigenvalue weighted by Crippen LogP contribution is -2.30. The van der Waals surface area contributed by atoms with E-state index in [-0.39, 0.29) is 5.41 Å². The van der Waals surface area contributed by atoms with Gasteiger partial charge in [0.05, 0.1) is 16.9 Å². The molecular formula is C40H29N5. The number of fused-ring (bicyclic) bond motifs is 7. The highest BCUT2D eigenvalue weighted by molar-refractivity contribution is 6.06. The second-order valence-electron chi connectivity index (χ2n) is 12.3. The van der Waals surface area contributed by atoms with E-state index in [0.717, 1.165) is 44.3 Å². The van der Waals surface area contributed by atoms with Crippen molar-refractivity contribution >= 4 is 44.4 Å². The molecule has 1 aliphatic rings. The lowest BCUT2D eigenvalue weighted by molar-refractivity contribution is 0.632. The number of rotatable bonds is 3. The molecule has 0 aliphatic carbocycles. The van der Waals surface area contributed by atoms with Crippen molar-refractivity contribution in [3.8, 4) is 22.5 Å². The van der Waals surface area contributed by atoms with Crippen molar-refractivity contribution in [3.63, 3.8) is 0 Å². The van der Waals surface area contributed by atoms with Gasteiger partial charge < -0.3 is 4.90 Å². The van der Waals surface area contributed by atoms with Crippen LogP contribution in [0.2, 0.25) is 0 Å². The first-order valence-corrected chi connectivity index (χ1v) is 15.3. The Hall–Kier alpha value is -5.81. The third-order valence-electron chi connectivity index (χ3n) is 9.25. The van der Waals surface area contributed by atoms with E-state index in [4.69, 9.17) is 10.1 Å². The molecule has 214 valence electrons. The van der Waals surface area contributed by atoms with E-state index in [1.54, 1.807) is 0 Å². The molecule has 9 rings (SSSR count). The number of aromatic nitrogens is 4. The van der Waals surface area contributed by atoms with Gasteiger partial charge in [-0.2, -0.15) is 0 Å². The molecule has 0 radical (unpaired) electrons. The minimum Gasteiger partial charge on any atom is -0.310 e. The van der Waals surface area contributed by atoms with Crippen LogP contribution in [0.3, 0.4) is 0 Å². The Kier molecular flexibility index (Phi) is 5.47. The highest BCUT2D eigenvalue weighted by Gasteiger charge is 2.36.